The fourth-order valence-corrected chi connectivity index (χ4v) is 2.56. The Labute approximate surface area is 147 Å². The summed E-state index contributed by atoms with van der Waals surface area (Å²) in [5.74, 6) is -0.190. The lowest BCUT2D eigenvalue weighted by molar-refractivity contribution is -0.120. The van der Waals surface area contributed by atoms with Crippen molar-refractivity contribution in [2.45, 2.75) is 45.8 Å². The maximum atomic E-state index is 12.6. The highest BCUT2D eigenvalue weighted by atomic mass is 16.6. The molecule has 0 spiro atoms. The summed E-state index contributed by atoms with van der Waals surface area (Å²) in [6, 6.07) is 7.38. The molecule has 0 bridgehead atoms. The van der Waals surface area contributed by atoms with Gasteiger partial charge in [-0.1, -0.05) is 24.3 Å². The van der Waals surface area contributed by atoms with Gasteiger partial charge < -0.3 is 4.74 Å². The Morgan fingerprint density at radius 2 is 2.00 bits per heavy atom. The number of aromatic nitrogens is 1. The Morgan fingerprint density at radius 1 is 1.32 bits per heavy atom. The zero-order chi connectivity index (χ0) is 18.6. The highest BCUT2D eigenvalue weighted by Gasteiger charge is 2.23. The number of hydrogen-bond acceptors (Lipinski definition) is 4. The van der Waals surface area contributed by atoms with Crippen molar-refractivity contribution >= 4 is 22.9 Å². The summed E-state index contributed by atoms with van der Waals surface area (Å²) in [5.41, 5.74) is 6.65. The van der Waals surface area contributed by atoms with Gasteiger partial charge in [0.2, 0.25) is 5.91 Å². The first-order valence-corrected chi connectivity index (χ1v) is 8.19. The van der Waals surface area contributed by atoms with Crippen molar-refractivity contribution in [1.29, 1.82) is 0 Å². The lowest BCUT2D eigenvalue weighted by Crippen LogP contribution is -2.38. The van der Waals surface area contributed by atoms with E-state index in [-0.39, 0.29) is 11.9 Å². The van der Waals surface area contributed by atoms with Crippen molar-refractivity contribution in [3.05, 3.63) is 48.7 Å². The predicted molar refractivity (Wildman–Crippen MR) is 98.1 cm³/mol. The number of hydrogen-bond donors (Lipinski definition) is 2. The molecule has 0 aliphatic rings. The standard InChI is InChI=1S/C19H25N3O3/c1-6-9-16(21-20-13(2)23)15-12-22(18(24)25-19(3,4)5)17-11-8-7-10-14(15)17/h6-8,10-12,16,21H,1,9H2,2-5H3,(H,20,23)/t16-/m1/s1. The van der Waals surface area contributed by atoms with E-state index in [9.17, 15) is 9.59 Å². The molecule has 2 aromatic rings. The first-order chi connectivity index (χ1) is 11.7. The van der Waals surface area contributed by atoms with E-state index in [0.29, 0.717) is 6.42 Å². The molecule has 0 aliphatic carbocycles. The molecular weight excluding hydrogens is 318 g/mol. The van der Waals surface area contributed by atoms with Gasteiger partial charge in [-0.3, -0.25) is 14.8 Å². The highest BCUT2D eigenvalue weighted by molar-refractivity contribution is 5.92. The molecule has 134 valence electrons. The molecule has 1 amide bonds. The molecule has 25 heavy (non-hydrogen) atoms. The van der Waals surface area contributed by atoms with E-state index in [1.54, 1.807) is 12.3 Å². The summed E-state index contributed by atoms with van der Waals surface area (Å²) in [4.78, 5) is 23.8. The van der Waals surface area contributed by atoms with Gasteiger partial charge in [-0.15, -0.1) is 6.58 Å². The van der Waals surface area contributed by atoms with Crippen LogP contribution in [0.1, 0.15) is 45.7 Å². The molecule has 0 fully saturated rings. The zero-order valence-corrected chi connectivity index (χ0v) is 15.1. The van der Waals surface area contributed by atoms with Gasteiger partial charge in [0.05, 0.1) is 11.6 Å². The van der Waals surface area contributed by atoms with E-state index < -0.39 is 11.7 Å². The van der Waals surface area contributed by atoms with Crippen molar-refractivity contribution < 1.29 is 14.3 Å². The van der Waals surface area contributed by atoms with Gasteiger partial charge >= 0.3 is 6.09 Å². The van der Waals surface area contributed by atoms with E-state index in [1.165, 1.54) is 11.5 Å². The highest BCUT2D eigenvalue weighted by Crippen LogP contribution is 2.29. The minimum atomic E-state index is -0.586. The van der Waals surface area contributed by atoms with Gasteiger partial charge in [0.25, 0.3) is 0 Å². The Bertz CT molecular complexity index is 787. The second-order valence-electron chi connectivity index (χ2n) is 6.85. The fourth-order valence-electron chi connectivity index (χ4n) is 2.56. The number of ether oxygens (including phenoxy) is 1. The number of carbonyl (C=O) groups is 2. The molecule has 1 atom stereocenters. The summed E-state index contributed by atoms with van der Waals surface area (Å²) in [6.07, 6.45) is 3.66. The number of rotatable bonds is 5. The smallest absolute Gasteiger partial charge is 0.419 e. The monoisotopic (exact) mass is 343 g/mol. The molecule has 0 aliphatic heterocycles. The van der Waals surface area contributed by atoms with Crippen molar-refractivity contribution in [1.82, 2.24) is 15.4 Å². The molecule has 1 aromatic carbocycles. The Morgan fingerprint density at radius 3 is 2.60 bits per heavy atom. The van der Waals surface area contributed by atoms with E-state index >= 15 is 0 Å². The SMILES string of the molecule is C=CC[C@@H](NNC(C)=O)c1cn(C(=O)OC(C)(C)C)c2ccccc12. The van der Waals surface area contributed by atoms with Crippen molar-refractivity contribution in [3.8, 4) is 0 Å². The van der Waals surface area contributed by atoms with Crippen molar-refractivity contribution in [2.75, 3.05) is 0 Å². The third-order valence-corrected chi connectivity index (χ3v) is 3.53. The molecule has 6 nitrogen and oxygen atoms in total. The molecular formula is C19H25N3O3. The molecule has 1 aromatic heterocycles. The Kier molecular flexibility index (Phi) is 5.64. The number of nitrogens with zero attached hydrogens (tertiary/aromatic N) is 1. The van der Waals surface area contributed by atoms with Crippen LogP contribution >= 0.6 is 0 Å². The third kappa shape index (κ3) is 4.70. The Hall–Kier alpha value is -2.60. The van der Waals surface area contributed by atoms with Crippen LogP contribution in [0.25, 0.3) is 10.9 Å². The molecule has 0 radical (unpaired) electrons. The number of amides is 1. The molecule has 0 unspecified atom stereocenters. The Balaban J connectivity index is 2.47. The first-order valence-electron chi connectivity index (χ1n) is 8.19. The second kappa shape index (κ2) is 7.53. The average molecular weight is 343 g/mol. The topological polar surface area (TPSA) is 72.4 Å². The molecule has 2 rings (SSSR count). The number of fused-ring (bicyclic) bond motifs is 1. The summed E-state index contributed by atoms with van der Waals surface area (Å²) < 4.78 is 7.00. The van der Waals surface area contributed by atoms with Crippen LogP contribution in [0.2, 0.25) is 0 Å². The number of nitrogens with one attached hydrogen (secondary N) is 2. The second-order valence-corrected chi connectivity index (χ2v) is 6.85. The van der Waals surface area contributed by atoms with E-state index in [2.05, 4.69) is 17.4 Å². The minimum absolute atomic E-state index is 0.190. The van der Waals surface area contributed by atoms with Crippen LogP contribution in [0.4, 0.5) is 4.79 Å². The van der Waals surface area contributed by atoms with Crippen molar-refractivity contribution in [2.24, 2.45) is 0 Å². The molecule has 0 saturated carbocycles. The molecule has 0 saturated heterocycles. The van der Waals surface area contributed by atoms with Crippen LogP contribution < -0.4 is 10.9 Å². The number of para-hydroxylation sites is 1. The minimum Gasteiger partial charge on any atom is -0.443 e. The van der Waals surface area contributed by atoms with Crippen LogP contribution in [0.5, 0.6) is 0 Å². The quantitative estimate of drug-likeness (QED) is 0.642. The number of carbonyl (C=O) groups excluding carboxylic acids is 2. The summed E-state index contributed by atoms with van der Waals surface area (Å²) in [6.45, 7) is 10.7. The normalized spacial score (nSPS) is 12.6. The predicted octanol–water partition coefficient (Wildman–Crippen LogP) is 3.68. The van der Waals surface area contributed by atoms with E-state index in [0.717, 1.165) is 16.5 Å². The summed E-state index contributed by atoms with van der Waals surface area (Å²) >= 11 is 0. The zero-order valence-electron chi connectivity index (χ0n) is 15.1. The summed E-state index contributed by atoms with van der Waals surface area (Å²) in [5, 5.41) is 0.915. The molecule has 1 heterocycles. The number of hydrazine groups is 1. The molecule has 2 N–H and O–H groups in total. The van der Waals surface area contributed by atoms with E-state index in [4.69, 9.17) is 4.74 Å². The van der Waals surface area contributed by atoms with Gasteiger partial charge in [-0.05, 0) is 38.8 Å². The van der Waals surface area contributed by atoms with Crippen LogP contribution in [0.15, 0.2) is 43.1 Å². The number of benzene rings is 1. The lowest BCUT2D eigenvalue weighted by Gasteiger charge is -2.20. The largest absolute Gasteiger partial charge is 0.443 e. The van der Waals surface area contributed by atoms with Crippen LogP contribution in [-0.2, 0) is 9.53 Å². The third-order valence-electron chi connectivity index (χ3n) is 3.53. The summed E-state index contributed by atoms with van der Waals surface area (Å²) in [7, 11) is 0. The average Bonchev–Trinajstić information content (AvgIpc) is 2.89. The van der Waals surface area contributed by atoms with Gasteiger partial charge in [0.15, 0.2) is 0 Å². The van der Waals surface area contributed by atoms with Crippen LogP contribution in [-0.4, -0.2) is 22.2 Å². The van der Waals surface area contributed by atoms with Gasteiger partial charge in [-0.25, -0.2) is 10.2 Å². The van der Waals surface area contributed by atoms with Gasteiger partial charge in [0.1, 0.15) is 5.60 Å². The lowest BCUT2D eigenvalue weighted by atomic mass is 10.0. The first kappa shape index (κ1) is 18.7. The van der Waals surface area contributed by atoms with Crippen molar-refractivity contribution in [3.63, 3.8) is 0 Å². The van der Waals surface area contributed by atoms with Crippen LogP contribution in [0, 0.1) is 0 Å². The molecule has 6 heteroatoms. The fraction of sp³-hybridized carbons (Fsp3) is 0.368. The van der Waals surface area contributed by atoms with E-state index in [1.807, 2.05) is 45.0 Å². The van der Waals surface area contributed by atoms with Gasteiger partial charge in [-0.2, -0.15) is 0 Å². The van der Waals surface area contributed by atoms with Gasteiger partial charge in [0, 0.05) is 18.5 Å². The maximum Gasteiger partial charge on any atom is 0.419 e. The van der Waals surface area contributed by atoms with Crippen LogP contribution in [0.3, 0.4) is 0 Å². The maximum absolute atomic E-state index is 12.6.